The van der Waals surface area contributed by atoms with Crippen LogP contribution >= 0.6 is 0 Å². The predicted molar refractivity (Wildman–Crippen MR) is 89.7 cm³/mol. The number of rotatable bonds is 6. The molecule has 0 aromatic heterocycles. The Morgan fingerprint density at radius 1 is 1.20 bits per heavy atom. The average Bonchev–Trinajstić information content (AvgIpc) is 2.52. The molecule has 0 saturated heterocycles. The summed E-state index contributed by atoms with van der Waals surface area (Å²) >= 11 is 0. The van der Waals surface area contributed by atoms with Crippen molar-refractivity contribution in [2.45, 2.75) is 17.9 Å². The molecule has 0 bridgehead atoms. The molecule has 0 heterocycles. The third kappa shape index (κ3) is 5.33. The third-order valence-electron chi connectivity index (χ3n) is 3.66. The van der Waals surface area contributed by atoms with Gasteiger partial charge in [0.15, 0.2) is 16.4 Å². The molecule has 8 heteroatoms. The van der Waals surface area contributed by atoms with Crippen LogP contribution in [0, 0.1) is 11.6 Å². The number of hydrogen-bond acceptors (Lipinski definition) is 3. The maximum Gasteiger partial charge on any atom is 0.279 e. The smallest absolute Gasteiger partial charge is 0.279 e. The summed E-state index contributed by atoms with van der Waals surface area (Å²) in [5.74, 6) is -1.68. The SMILES string of the molecule is C[C@H]([NH2+]CC(=O)Nc1cccc(S(C)(=O)=O)c1)c1ccc(F)cc1F. The lowest BCUT2D eigenvalue weighted by Crippen LogP contribution is -2.86. The molecule has 0 fully saturated rings. The molecule has 0 aliphatic carbocycles. The van der Waals surface area contributed by atoms with Gasteiger partial charge in [0.1, 0.15) is 17.7 Å². The Morgan fingerprint density at radius 3 is 2.56 bits per heavy atom. The van der Waals surface area contributed by atoms with Crippen molar-refractivity contribution in [3.8, 4) is 0 Å². The molecule has 25 heavy (non-hydrogen) atoms. The van der Waals surface area contributed by atoms with Gasteiger partial charge in [-0.05, 0) is 37.3 Å². The minimum atomic E-state index is -3.36. The summed E-state index contributed by atoms with van der Waals surface area (Å²) in [5, 5.41) is 4.20. The fraction of sp³-hybridized carbons (Fsp3) is 0.235. The lowest BCUT2D eigenvalue weighted by molar-refractivity contribution is -0.682. The van der Waals surface area contributed by atoms with Crippen LogP contribution in [0.4, 0.5) is 14.5 Å². The first-order valence-electron chi connectivity index (χ1n) is 7.55. The predicted octanol–water partition coefficient (Wildman–Crippen LogP) is 1.63. The zero-order valence-electron chi connectivity index (χ0n) is 13.8. The molecule has 1 amide bonds. The second-order valence-corrected chi connectivity index (χ2v) is 7.76. The summed E-state index contributed by atoms with van der Waals surface area (Å²) in [6.45, 7) is 1.70. The Hall–Kier alpha value is -2.32. The maximum atomic E-state index is 13.7. The van der Waals surface area contributed by atoms with Gasteiger partial charge in [-0.1, -0.05) is 6.07 Å². The first kappa shape index (κ1) is 19.0. The zero-order chi connectivity index (χ0) is 18.6. The zero-order valence-corrected chi connectivity index (χ0v) is 14.6. The first-order valence-corrected chi connectivity index (χ1v) is 9.44. The van der Waals surface area contributed by atoms with Crippen molar-refractivity contribution >= 4 is 21.4 Å². The van der Waals surface area contributed by atoms with Crippen molar-refractivity contribution < 1.29 is 27.3 Å². The quantitative estimate of drug-likeness (QED) is 0.812. The average molecular weight is 369 g/mol. The molecular weight excluding hydrogens is 350 g/mol. The van der Waals surface area contributed by atoms with Crippen LogP contribution in [0.15, 0.2) is 47.4 Å². The van der Waals surface area contributed by atoms with Crippen LogP contribution in [0.2, 0.25) is 0 Å². The highest BCUT2D eigenvalue weighted by atomic mass is 32.2. The lowest BCUT2D eigenvalue weighted by atomic mass is 10.1. The normalized spacial score (nSPS) is 12.6. The van der Waals surface area contributed by atoms with E-state index >= 15 is 0 Å². The van der Waals surface area contributed by atoms with E-state index in [1.54, 1.807) is 18.3 Å². The molecule has 0 aliphatic heterocycles. The Labute approximate surface area is 145 Å². The minimum Gasteiger partial charge on any atom is -0.332 e. The number of nitrogens with two attached hydrogens (primary N) is 1. The van der Waals surface area contributed by atoms with Gasteiger partial charge in [0.25, 0.3) is 5.91 Å². The summed E-state index contributed by atoms with van der Waals surface area (Å²) in [4.78, 5) is 12.1. The van der Waals surface area contributed by atoms with E-state index in [1.165, 1.54) is 30.3 Å². The van der Waals surface area contributed by atoms with Gasteiger partial charge in [-0.15, -0.1) is 0 Å². The van der Waals surface area contributed by atoms with Crippen molar-refractivity contribution in [2.75, 3.05) is 18.1 Å². The maximum absolute atomic E-state index is 13.7. The molecule has 134 valence electrons. The molecule has 5 nitrogen and oxygen atoms in total. The molecule has 0 radical (unpaired) electrons. The number of halogens is 2. The highest BCUT2D eigenvalue weighted by Crippen LogP contribution is 2.16. The van der Waals surface area contributed by atoms with Crippen LogP contribution in [-0.2, 0) is 14.6 Å². The van der Waals surface area contributed by atoms with Crippen molar-refractivity contribution in [1.82, 2.24) is 0 Å². The molecular formula is C17H19F2N2O3S+. The van der Waals surface area contributed by atoms with E-state index in [0.717, 1.165) is 12.3 Å². The summed E-state index contributed by atoms with van der Waals surface area (Å²) in [5.41, 5.74) is 0.662. The van der Waals surface area contributed by atoms with Crippen molar-refractivity contribution in [1.29, 1.82) is 0 Å². The lowest BCUT2D eigenvalue weighted by Gasteiger charge is -2.12. The first-order chi connectivity index (χ1) is 11.7. The molecule has 2 aromatic carbocycles. The number of nitrogens with one attached hydrogen (secondary N) is 1. The topological polar surface area (TPSA) is 79.8 Å². The number of anilines is 1. The number of sulfone groups is 1. The van der Waals surface area contributed by atoms with Gasteiger partial charge in [-0.25, -0.2) is 17.2 Å². The van der Waals surface area contributed by atoms with Crippen LogP contribution < -0.4 is 10.6 Å². The number of quaternary nitrogens is 1. The number of carbonyl (C=O) groups is 1. The van der Waals surface area contributed by atoms with E-state index in [4.69, 9.17) is 0 Å². The Balaban J connectivity index is 1.97. The highest BCUT2D eigenvalue weighted by molar-refractivity contribution is 7.90. The van der Waals surface area contributed by atoms with Crippen LogP contribution in [0.25, 0.3) is 0 Å². The van der Waals surface area contributed by atoms with Gasteiger partial charge >= 0.3 is 0 Å². The van der Waals surface area contributed by atoms with E-state index in [2.05, 4.69) is 5.32 Å². The van der Waals surface area contributed by atoms with E-state index in [-0.39, 0.29) is 23.4 Å². The second kappa shape index (κ2) is 7.71. The molecule has 0 saturated carbocycles. The Morgan fingerprint density at radius 2 is 1.92 bits per heavy atom. The molecule has 0 spiro atoms. The second-order valence-electron chi connectivity index (χ2n) is 5.74. The van der Waals surface area contributed by atoms with Gasteiger partial charge < -0.3 is 10.6 Å². The van der Waals surface area contributed by atoms with Gasteiger partial charge in [0, 0.05) is 23.6 Å². The van der Waals surface area contributed by atoms with Crippen molar-refractivity contribution in [3.63, 3.8) is 0 Å². The van der Waals surface area contributed by atoms with Gasteiger partial charge in [0.05, 0.1) is 4.90 Å². The van der Waals surface area contributed by atoms with Gasteiger partial charge in [0.2, 0.25) is 0 Å². The summed E-state index contributed by atoms with van der Waals surface area (Å²) in [7, 11) is -3.36. The van der Waals surface area contributed by atoms with Crippen LogP contribution in [0.1, 0.15) is 18.5 Å². The van der Waals surface area contributed by atoms with E-state index < -0.39 is 21.5 Å². The summed E-state index contributed by atoms with van der Waals surface area (Å²) < 4.78 is 49.7. The van der Waals surface area contributed by atoms with Crippen molar-refractivity contribution in [2.24, 2.45) is 0 Å². The van der Waals surface area contributed by atoms with Crippen LogP contribution in [-0.4, -0.2) is 27.1 Å². The monoisotopic (exact) mass is 369 g/mol. The van der Waals surface area contributed by atoms with E-state index in [1.807, 2.05) is 0 Å². The highest BCUT2D eigenvalue weighted by Gasteiger charge is 2.16. The van der Waals surface area contributed by atoms with Gasteiger partial charge in [-0.3, -0.25) is 4.79 Å². The molecule has 1 atom stereocenters. The Bertz CT molecular complexity index is 885. The van der Waals surface area contributed by atoms with Crippen molar-refractivity contribution in [3.05, 3.63) is 59.7 Å². The van der Waals surface area contributed by atoms with E-state index in [0.29, 0.717) is 11.3 Å². The molecule has 2 aromatic rings. The standard InChI is InChI=1S/C17H18F2N2O3S/c1-11(15-7-6-12(18)8-16(15)19)20-10-17(22)21-13-4-3-5-14(9-13)25(2,23)24/h3-9,11,20H,10H2,1-2H3,(H,21,22)/p+1/t11-/m0/s1. The Kier molecular flexibility index (Phi) is 5.86. The fourth-order valence-corrected chi connectivity index (χ4v) is 2.96. The minimum absolute atomic E-state index is 0.00108. The number of hydrogen-bond donors (Lipinski definition) is 2. The molecule has 0 aliphatic rings. The third-order valence-corrected chi connectivity index (χ3v) is 4.77. The number of carbonyl (C=O) groups excluding carboxylic acids is 1. The summed E-state index contributed by atoms with van der Waals surface area (Å²) in [6, 6.07) is 8.86. The molecule has 2 rings (SSSR count). The van der Waals surface area contributed by atoms with E-state index in [9.17, 15) is 22.0 Å². The fourth-order valence-electron chi connectivity index (χ4n) is 2.30. The number of amides is 1. The van der Waals surface area contributed by atoms with Crippen LogP contribution in [0.5, 0.6) is 0 Å². The van der Waals surface area contributed by atoms with Gasteiger partial charge in [-0.2, -0.15) is 0 Å². The van der Waals surface area contributed by atoms with Crippen LogP contribution in [0.3, 0.4) is 0 Å². The largest absolute Gasteiger partial charge is 0.332 e. The molecule has 0 unspecified atom stereocenters. The summed E-state index contributed by atoms with van der Waals surface area (Å²) in [6.07, 6.45) is 1.08. The molecule has 3 N–H and O–H groups in total. The number of benzene rings is 2.